The van der Waals surface area contributed by atoms with Crippen molar-refractivity contribution in [3.05, 3.63) is 70.8 Å². The molecule has 2 aromatic rings. The summed E-state index contributed by atoms with van der Waals surface area (Å²) in [7, 11) is 0. The summed E-state index contributed by atoms with van der Waals surface area (Å²) >= 11 is 0. The lowest BCUT2D eigenvalue weighted by molar-refractivity contribution is -0.421. The van der Waals surface area contributed by atoms with E-state index in [9.17, 15) is 0 Å². The van der Waals surface area contributed by atoms with Crippen LogP contribution >= 0.6 is 0 Å². The Labute approximate surface area is 106 Å². The van der Waals surface area contributed by atoms with Crippen molar-refractivity contribution < 1.29 is 9.78 Å². The Kier molecular flexibility index (Phi) is 1.73. The molecule has 3 aliphatic rings. The number of rotatable bonds is 0. The van der Waals surface area contributed by atoms with E-state index in [-0.39, 0.29) is 0 Å². The second-order valence-corrected chi connectivity index (χ2v) is 5.32. The zero-order valence-electron chi connectivity index (χ0n) is 10.4. The Hall–Kier alpha value is -1.64. The molecule has 2 nitrogen and oxygen atoms in total. The van der Waals surface area contributed by atoms with Crippen molar-refractivity contribution in [3.8, 4) is 0 Å². The smallest absolute Gasteiger partial charge is 0.151 e. The van der Waals surface area contributed by atoms with Crippen LogP contribution in [0.4, 0.5) is 0 Å². The molecule has 2 bridgehead atoms. The molecule has 5 rings (SSSR count). The normalized spacial score (nSPS) is 31.9. The molecule has 0 atom stereocenters. The zero-order chi connectivity index (χ0) is 12.4. The summed E-state index contributed by atoms with van der Waals surface area (Å²) in [6.07, 6.45) is 0. The van der Waals surface area contributed by atoms with Crippen LogP contribution < -0.4 is 0 Å². The molecule has 0 radical (unpaired) electrons. The molecule has 0 saturated heterocycles. The largest absolute Gasteiger partial charge is 0.219 e. The van der Waals surface area contributed by atoms with Gasteiger partial charge >= 0.3 is 0 Å². The molecule has 90 valence electrons. The molecule has 1 aliphatic carbocycles. The Morgan fingerprint density at radius 3 is 1.17 bits per heavy atom. The van der Waals surface area contributed by atoms with E-state index in [1.165, 1.54) is 22.3 Å². The van der Waals surface area contributed by atoms with Gasteiger partial charge in [-0.25, -0.2) is 9.78 Å². The van der Waals surface area contributed by atoms with Crippen LogP contribution in [0, 0.1) is 0 Å². The Balaban J connectivity index is 2.16. The number of benzene rings is 2. The highest BCUT2D eigenvalue weighted by Gasteiger charge is 2.54. The summed E-state index contributed by atoms with van der Waals surface area (Å²) in [6.45, 7) is 4.15. The highest BCUT2D eigenvalue weighted by atomic mass is 17.2. The van der Waals surface area contributed by atoms with E-state index in [4.69, 9.17) is 9.78 Å². The Morgan fingerprint density at radius 1 is 0.611 bits per heavy atom. The molecule has 18 heavy (non-hydrogen) atoms. The van der Waals surface area contributed by atoms with Gasteiger partial charge in [-0.2, -0.15) is 0 Å². The van der Waals surface area contributed by atoms with E-state index in [1.54, 1.807) is 0 Å². The van der Waals surface area contributed by atoms with Crippen molar-refractivity contribution >= 4 is 0 Å². The highest BCUT2D eigenvalue weighted by Crippen LogP contribution is 2.55. The lowest BCUT2D eigenvalue weighted by atomic mass is 9.68. The van der Waals surface area contributed by atoms with Gasteiger partial charge in [-0.1, -0.05) is 48.5 Å². The molecular formula is C16H14O2. The minimum atomic E-state index is -0.495. The molecule has 2 heterocycles. The van der Waals surface area contributed by atoms with Gasteiger partial charge in [0.05, 0.1) is 0 Å². The van der Waals surface area contributed by atoms with Crippen molar-refractivity contribution in [2.75, 3.05) is 0 Å². The fourth-order valence-corrected chi connectivity index (χ4v) is 3.27. The minimum Gasteiger partial charge on any atom is -0.219 e. The van der Waals surface area contributed by atoms with E-state index in [2.05, 4.69) is 62.4 Å². The number of hydrogen-bond acceptors (Lipinski definition) is 2. The number of fused-ring (bicyclic) bond motifs is 1. The molecule has 0 amide bonds. The maximum absolute atomic E-state index is 5.72. The Morgan fingerprint density at radius 2 is 0.889 bits per heavy atom. The van der Waals surface area contributed by atoms with Gasteiger partial charge in [-0.15, -0.1) is 0 Å². The SMILES string of the molecule is CC12OOC(C)(c3ccccc31)c1ccccc12. The summed E-state index contributed by atoms with van der Waals surface area (Å²) in [5.41, 5.74) is 3.83. The van der Waals surface area contributed by atoms with Crippen LogP contribution in [0.1, 0.15) is 36.1 Å². The molecular weight excluding hydrogens is 224 g/mol. The fourth-order valence-electron chi connectivity index (χ4n) is 3.27. The quantitative estimate of drug-likeness (QED) is 0.654. The van der Waals surface area contributed by atoms with Gasteiger partial charge in [0.2, 0.25) is 0 Å². The molecule has 0 aromatic heterocycles. The standard InChI is InChI=1S/C16H14O2/c1-15-11-7-3-5-9-13(11)16(2,18-17-15)14-10-6-4-8-12(14)15/h3-10H,1-2H3. The molecule has 2 aliphatic heterocycles. The third-order valence-corrected chi connectivity index (χ3v) is 4.28. The minimum absolute atomic E-state index is 0.495. The second-order valence-electron chi connectivity index (χ2n) is 5.32. The van der Waals surface area contributed by atoms with Crippen LogP contribution in [0.5, 0.6) is 0 Å². The van der Waals surface area contributed by atoms with Gasteiger partial charge in [0.15, 0.2) is 11.2 Å². The first-order valence-corrected chi connectivity index (χ1v) is 6.23. The van der Waals surface area contributed by atoms with Gasteiger partial charge in [0, 0.05) is 0 Å². The van der Waals surface area contributed by atoms with Crippen molar-refractivity contribution in [1.82, 2.24) is 0 Å². The summed E-state index contributed by atoms with van der Waals surface area (Å²) in [5.74, 6) is 0. The van der Waals surface area contributed by atoms with E-state index in [0.29, 0.717) is 0 Å². The molecule has 0 saturated carbocycles. The third kappa shape index (κ3) is 0.972. The molecule has 0 unspecified atom stereocenters. The molecule has 2 heteroatoms. The zero-order valence-corrected chi connectivity index (χ0v) is 10.4. The van der Waals surface area contributed by atoms with Crippen molar-refractivity contribution in [3.63, 3.8) is 0 Å². The summed E-state index contributed by atoms with van der Waals surface area (Å²) in [5, 5.41) is 0. The van der Waals surface area contributed by atoms with Crippen LogP contribution in [0.15, 0.2) is 48.5 Å². The first-order chi connectivity index (χ1) is 8.66. The van der Waals surface area contributed by atoms with Crippen LogP contribution in [0.25, 0.3) is 0 Å². The average molecular weight is 238 g/mol. The van der Waals surface area contributed by atoms with E-state index in [0.717, 1.165) is 0 Å². The Bertz CT molecular complexity index is 542. The monoisotopic (exact) mass is 238 g/mol. The lowest BCUT2D eigenvalue weighted by Gasteiger charge is -2.50. The summed E-state index contributed by atoms with van der Waals surface area (Å²) in [6, 6.07) is 16.7. The van der Waals surface area contributed by atoms with Crippen LogP contribution in [0.3, 0.4) is 0 Å². The summed E-state index contributed by atoms with van der Waals surface area (Å²) in [4.78, 5) is 11.4. The van der Waals surface area contributed by atoms with Crippen LogP contribution in [-0.4, -0.2) is 0 Å². The van der Waals surface area contributed by atoms with Gasteiger partial charge in [-0.3, -0.25) is 0 Å². The van der Waals surface area contributed by atoms with Crippen molar-refractivity contribution in [2.45, 2.75) is 25.0 Å². The predicted octanol–water partition coefficient (Wildman–Crippen LogP) is 3.49. The topological polar surface area (TPSA) is 18.5 Å². The van der Waals surface area contributed by atoms with Gasteiger partial charge in [0.25, 0.3) is 0 Å². The molecule has 0 N–H and O–H groups in total. The average Bonchev–Trinajstić information content (AvgIpc) is 2.43. The maximum Gasteiger partial charge on any atom is 0.151 e. The van der Waals surface area contributed by atoms with Crippen LogP contribution in [-0.2, 0) is 21.0 Å². The molecule has 2 aromatic carbocycles. The lowest BCUT2D eigenvalue weighted by Crippen LogP contribution is -2.49. The first-order valence-electron chi connectivity index (χ1n) is 6.23. The van der Waals surface area contributed by atoms with E-state index < -0.39 is 11.2 Å². The fraction of sp³-hybridized carbons (Fsp3) is 0.250. The van der Waals surface area contributed by atoms with E-state index in [1.807, 2.05) is 0 Å². The van der Waals surface area contributed by atoms with Crippen molar-refractivity contribution in [2.24, 2.45) is 0 Å². The first kappa shape index (κ1) is 10.3. The summed E-state index contributed by atoms with van der Waals surface area (Å²) < 4.78 is 0. The number of hydrogen-bond donors (Lipinski definition) is 0. The highest BCUT2D eigenvalue weighted by molar-refractivity contribution is 5.57. The van der Waals surface area contributed by atoms with Crippen LogP contribution in [0.2, 0.25) is 0 Å². The molecule has 0 spiro atoms. The van der Waals surface area contributed by atoms with Gasteiger partial charge in [0.1, 0.15) is 0 Å². The molecule has 0 fully saturated rings. The predicted molar refractivity (Wildman–Crippen MR) is 68.0 cm³/mol. The van der Waals surface area contributed by atoms with Crippen molar-refractivity contribution in [1.29, 1.82) is 0 Å². The van der Waals surface area contributed by atoms with Gasteiger partial charge in [-0.05, 0) is 36.1 Å². The maximum atomic E-state index is 5.72. The van der Waals surface area contributed by atoms with E-state index >= 15 is 0 Å². The van der Waals surface area contributed by atoms with Gasteiger partial charge < -0.3 is 0 Å². The second kappa shape index (κ2) is 3.02. The third-order valence-electron chi connectivity index (χ3n) is 4.28.